The molecular formula is C25H26O9. The lowest BCUT2D eigenvalue weighted by molar-refractivity contribution is -0.175. The molecule has 34 heavy (non-hydrogen) atoms. The molecule has 0 aromatic heterocycles. The molecule has 0 unspecified atom stereocenters. The first-order chi connectivity index (χ1) is 16.4. The second-order valence-electron chi connectivity index (χ2n) is 7.06. The largest absolute Gasteiger partial charge is 0.461 e. The summed E-state index contributed by atoms with van der Waals surface area (Å²) in [5.74, 6) is -3.93. The lowest BCUT2D eigenvalue weighted by atomic mass is 10.2. The van der Waals surface area contributed by atoms with Gasteiger partial charge in [0, 0.05) is 0 Å². The van der Waals surface area contributed by atoms with Crippen molar-refractivity contribution in [3.05, 3.63) is 84.4 Å². The summed E-state index contributed by atoms with van der Waals surface area (Å²) in [6.07, 6.45) is -3.49. The Morgan fingerprint density at radius 2 is 1.29 bits per heavy atom. The van der Waals surface area contributed by atoms with Gasteiger partial charge in [-0.2, -0.15) is 0 Å². The molecule has 0 saturated carbocycles. The fourth-order valence-corrected chi connectivity index (χ4v) is 2.63. The van der Waals surface area contributed by atoms with Crippen molar-refractivity contribution >= 4 is 23.9 Å². The fraction of sp³-hybridized carbons (Fsp3) is 0.280. The van der Waals surface area contributed by atoms with E-state index in [0.29, 0.717) is 11.1 Å². The van der Waals surface area contributed by atoms with Crippen molar-refractivity contribution in [2.45, 2.75) is 38.3 Å². The van der Waals surface area contributed by atoms with Crippen LogP contribution in [0.25, 0.3) is 0 Å². The average molecular weight is 470 g/mol. The van der Waals surface area contributed by atoms with E-state index in [4.69, 9.17) is 18.9 Å². The van der Waals surface area contributed by atoms with Gasteiger partial charge in [0.15, 0.2) is 6.10 Å². The summed E-state index contributed by atoms with van der Waals surface area (Å²) in [5.41, 5.74) is 1.39. The molecule has 2 rings (SSSR count). The molecule has 9 heteroatoms. The van der Waals surface area contributed by atoms with Gasteiger partial charge in [-0.3, -0.25) is 9.59 Å². The monoisotopic (exact) mass is 470 g/mol. The Balaban J connectivity index is 1.91. The minimum Gasteiger partial charge on any atom is -0.461 e. The van der Waals surface area contributed by atoms with E-state index in [1.54, 1.807) is 60.7 Å². The van der Waals surface area contributed by atoms with Crippen LogP contribution >= 0.6 is 0 Å². The van der Waals surface area contributed by atoms with Crippen LogP contribution in [0.3, 0.4) is 0 Å². The molecule has 0 bridgehead atoms. The molecule has 0 amide bonds. The first kappa shape index (κ1) is 26.3. The number of hydrogen-bond acceptors (Lipinski definition) is 9. The molecule has 2 atom stereocenters. The van der Waals surface area contributed by atoms with Gasteiger partial charge in [0.25, 0.3) is 0 Å². The highest BCUT2D eigenvalue weighted by Crippen LogP contribution is 2.11. The van der Waals surface area contributed by atoms with E-state index in [2.05, 4.69) is 6.58 Å². The standard InChI is InChI=1S/C25H26O9/c1-2-13-31-22(27)15-21(25(30)33-17-19-11-7-4-8-12-19)34-23(28)14-20(26)24(29)32-16-18-9-5-3-6-10-18/h2-12,20-21,26H,1,13-17H2/t20-,21-/m0/s1. The predicted octanol–water partition coefficient (Wildman–Crippen LogP) is 2.26. The van der Waals surface area contributed by atoms with Gasteiger partial charge in [0.2, 0.25) is 6.10 Å². The lowest BCUT2D eigenvalue weighted by Gasteiger charge is -2.17. The van der Waals surface area contributed by atoms with Crippen LogP contribution in [0.4, 0.5) is 0 Å². The van der Waals surface area contributed by atoms with Gasteiger partial charge in [-0.1, -0.05) is 73.3 Å². The van der Waals surface area contributed by atoms with Gasteiger partial charge in [0.05, 0.1) is 12.8 Å². The molecule has 0 spiro atoms. The molecule has 2 aromatic carbocycles. The van der Waals surface area contributed by atoms with Gasteiger partial charge in [-0.05, 0) is 11.1 Å². The van der Waals surface area contributed by atoms with Gasteiger partial charge in [0.1, 0.15) is 19.8 Å². The highest BCUT2D eigenvalue weighted by atomic mass is 16.6. The zero-order valence-corrected chi connectivity index (χ0v) is 18.5. The van der Waals surface area contributed by atoms with Crippen LogP contribution in [0.5, 0.6) is 0 Å². The quantitative estimate of drug-likeness (QED) is 0.266. The van der Waals surface area contributed by atoms with E-state index < -0.39 is 48.9 Å². The zero-order valence-electron chi connectivity index (χ0n) is 18.5. The van der Waals surface area contributed by atoms with E-state index in [1.165, 1.54) is 6.08 Å². The fourth-order valence-electron chi connectivity index (χ4n) is 2.63. The second kappa shape index (κ2) is 14.2. The smallest absolute Gasteiger partial charge is 0.348 e. The molecule has 180 valence electrons. The molecule has 0 radical (unpaired) electrons. The summed E-state index contributed by atoms with van der Waals surface area (Å²) in [4.78, 5) is 48.6. The zero-order chi connectivity index (χ0) is 24.8. The maximum atomic E-state index is 12.5. The summed E-state index contributed by atoms with van der Waals surface area (Å²) >= 11 is 0. The first-order valence-corrected chi connectivity index (χ1v) is 10.4. The lowest BCUT2D eigenvalue weighted by Crippen LogP contribution is -2.34. The van der Waals surface area contributed by atoms with Crippen molar-refractivity contribution in [1.29, 1.82) is 0 Å². The third-order valence-corrected chi connectivity index (χ3v) is 4.33. The van der Waals surface area contributed by atoms with E-state index in [9.17, 15) is 24.3 Å². The van der Waals surface area contributed by atoms with Crippen molar-refractivity contribution in [2.24, 2.45) is 0 Å². The van der Waals surface area contributed by atoms with Crippen molar-refractivity contribution < 1.29 is 43.2 Å². The minimum absolute atomic E-state index is 0.0879. The van der Waals surface area contributed by atoms with Gasteiger partial charge in [-0.25, -0.2) is 9.59 Å². The Kier molecular flexibility index (Phi) is 11.0. The van der Waals surface area contributed by atoms with E-state index >= 15 is 0 Å². The summed E-state index contributed by atoms with van der Waals surface area (Å²) in [7, 11) is 0. The molecule has 0 heterocycles. The molecule has 1 N–H and O–H groups in total. The summed E-state index contributed by atoms with van der Waals surface area (Å²) in [5, 5.41) is 9.97. The number of carbonyl (C=O) groups is 4. The molecule has 0 fully saturated rings. The number of aliphatic hydroxyl groups excluding tert-OH is 1. The Labute approximate surface area is 196 Å². The number of esters is 4. The van der Waals surface area contributed by atoms with Crippen LogP contribution in [-0.4, -0.2) is 47.8 Å². The van der Waals surface area contributed by atoms with E-state index in [-0.39, 0.29) is 19.8 Å². The van der Waals surface area contributed by atoms with Gasteiger partial charge in [-0.15, -0.1) is 0 Å². The molecule has 0 aliphatic rings. The maximum absolute atomic E-state index is 12.5. The Morgan fingerprint density at radius 3 is 1.82 bits per heavy atom. The van der Waals surface area contributed by atoms with Crippen LogP contribution in [0, 0.1) is 0 Å². The first-order valence-electron chi connectivity index (χ1n) is 10.4. The summed E-state index contributed by atoms with van der Waals surface area (Å²) in [6.45, 7) is 3.13. The second-order valence-corrected chi connectivity index (χ2v) is 7.06. The van der Waals surface area contributed by atoms with Crippen LogP contribution in [0.15, 0.2) is 73.3 Å². The number of hydrogen-bond donors (Lipinski definition) is 1. The predicted molar refractivity (Wildman–Crippen MR) is 119 cm³/mol. The van der Waals surface area contributed by atoms with Crippen molar-refractivity contribution in [3.8, 4) is 0 Å². The highest BCUT2D eigenvalue weighted by Gasteiger charge is 2.30. The minimum atomic E-state index is -1.81. The summed E-state index contributed by atoms with van der Waals surface area (Å²) in [6, 6.07) is 17.5. The highest BCUT2D eigenvalue weighted by molar-refractivity contribution is 5.86. The Hall–Kier alpha value is -3.98. The SMILES string of the molecule is C=CCOC(=O)C[C@H](OC(=O)C[C@H](O)C(=O)OCc1ccccc1)C(=O)OCc1ccccc1. The third kappa shape index (κ3) is 9.66. The molecule has 0 saturated heterocycles. The maximum Gasteiger partial charge on any atom is 0.348 e. The Morgan fingerprint density at radius 1 is 0.765 bits per heavy atom. The van der Waals surface area contributed by atoms with Crippen LogP contribution in [0.1, 0.15) is 24.0 Å². The van der Waals surface area contributed by atoms with E-state index in [0.717, 1.165) is 0 Å². The molecule has 0 aliphatic carbocycles. The average Bonchev–Trinajstić information content (AvgIpc) is 2.85. The molecule has 2 aromatic rings. The number of aliphatic hydroxyl groups is 1. The van der Waals surface area contributed by atoms with Crippen LogP contribution in [-0.2, 0) is 51.3 Å². The number of carbonyl (C=O) groups excluding carboxylic acids is 4. The third-order valence-electron chi connectivity index (χ3n) is 4.33. The normalized spacial score (nSPS) is 12.0. The van der Waals surface area contributed by atoms with Crippen LogP contribution in [0.2, 0.25) is 0 Å². The molecular weight excluding hydrogens is 444 g/mol. The molecule has 0 aliphatic heterocycles. The number of benzene rings is 2. The van der Waals surface area contributed by atoms with Crippen molar-refractivity contribution in [1.82, 2.24) is 0 Å². The van der Waals surface area contributed by atoms with Gasteiger partial charge < -0.3 is 24.1 Å². The Bertz CT molecular complexity index is 957. The van der Waals surface area contributed by atoms with Gasteiger partial charge >= 0.3 is 23.9 Å². The van der Waals surface area contributed by atoms with Crippen molar-refractivity contribution in [2.75, 3.05) is 6.61 Å². The summed E-state index contributed by atoms with van der Waals surface area (Å²) < 4.78 is 20.0. The topological polar surface area (TPSA) is 125 Å². The van der Waals surface area contributed by atoms with Crippen molar-refractivity contribution in [3.63, 3.8) is 0 Å². The van der Waals surface area contributed by atoms with E-state index in [1.807, 2.05) is 0 Å². The number of ether oxygens (including phenoxy) is 4. The van der Waals surface area contributed by atoms with Crippen LogP contribution < -0.4 is 0 Å². The molecule has 9 nitrogen and oxygen atoms in total. The number of rotatable bonds is 13.